The zero-order valence-electron chi connectivity index (χ0n) is 15.6. The Morgan fingerprint density at radius 1 is 1.12 bits per heavy atom. The van der Waals surface area contributed by atoms with E-state index in [-0.39, 0.29) is 18.1 Å². The van der Waals surface area contributed by atoms with Gasteiger partial charge in [-0.25, -0.2) is 4.79 Å². The van der Waals surface area contributed by atoms with Crippen LogP contribution in [0.2, 0.25) is 5.02 Å². The standard InChI is InChI=1S/C20H26ClN3O2/c1-14(2)24(15(3)4)19(18-11-10-16(21)12-22-18)13-23-20(25)26-17-8-6-5-7-9-17/h5-12,14-15,19H,13H2,1-4H3,(H,23,25). The SMILES string of the molecule is CC(C)N(C(C)C)C(CNC(=O)Oc1ccccc1)c1ccc(Cl)cn1. The van der Waals surface area contributed by atoms with Crippen molar-refractivity contribution >= 4 is 17.7 Å². The molecule has 0 saturated carbocycles. The normalized spacial score (nSPS) is 12.5. The van der Waals surface area contributed by atoms with Crippen molar-refractivity contribution in [1.29, 1.82) is 0 Å². The number of nitrogens with zero attached hydrogens (tertiary/aromatic N) is 2. The second kappa shape index (κ2) is 9.55. The minimum atomic E-state index is -0.484. The van der Waals surface area contributed by atoms with Gasteiger partial charge in [-0.05, 0) is 52.0 Å². The number of rotatable bonds is 7. The number of ether oxygens (including phenoxy) is 1. The monoisotopic (exact) mass is 375 g/mol. The molecule has 0 bridgehead atoms. The van der Waals surface area contributed by atoms with Crippen molar-refractivity contribution in [2.45, 2.75) is 45.8 Å². The van der Waals surface area contributed by atoms with E-state index in [4.69, 9.17) is 16.3 Å². The van der Waals surface area contributed by atoms with Gasteiger partial charge in [0, 0.05) is 24.8 Å². The number of benzene rings is 1. The maximum atomic E-state index is 12.2. The lowest BCUT2D eigenvalue weighted by molar-refractivity contribution is 0.107. The van der Waals surface area contributed by atoms with Crippen molar-refractivity contribution in [2.75, 3.05) is 6.54 Å². The third-order valence-electron chi connectivity index (χ3n) is 4.04. The van der Waals surface area contributed by atoms with Crippen LogP contribution in [0.25, 0.3) is 0 Å². The maximum Gasteiger partial charge on any atom is 0.412 e. The molecule has 6 heteroatoms. The minimum absolute atomic E-state index is 0.0874. The van der Waals surface area contributed by atoms with Crippen molar-refractivity contribution in [1.82, 2.24) is 15.2 Å². The summed E-state index contributed by atoms with van der Waals surface area (Å²) in [4.78, 5) is 18.9. The van der Waals surface area contributed by atoms with E-state index < -0.39 is 6.09 Å². The van der Waals surface area contributed by atoms with Crippen LogP contribution in [0, 0.1) is 0 Å². The molecule has 1 N–H and O–H groups in total. The Bertz CT molecular complexity index is 682. The second-order valence-electron chi connectivity index (χ2n) is 6.64. The van der Waals surface area contributed by atoms with E-state index in [1.807, 2.05) is 30.3 Å². The van der Waals surface area contributed by atoms with Gasteiger partial charge >= 0.3 is 6.09 Å². The molecule has 1 unspecified atom stereocenters. The van der Waals surface area contributed by atoms with E-state index >= 15 is 0 Å². The van der Waals surface area contributed by atoms with Gasteiger partial charge in [-0.1, -0.05) is 29.8 Å². The van der Waals surface area contributed by atoms with Crippen molar-refractivity contribution in [3.63, 3.8) is 0 Å². The van der Waals surface area contributed by atoms with Gasteiger partial charge in [0.15, 0.2) is 0 Å². The highest BCUT2D eigenvalue weighted by molar-refractivity contribution is 6.30. The van der Waals surface area contributed by atoms with E-state index in [0.717, 1.165) is 5.69 Å². The highest BCUT2D eigenvalue weighted by Crippen LogP contribution is 2.24. The lowest BCUT2D eigenvalue weighted by atomic mass is 10.1. The van der Waals surface area contributed by atoms with Crippen molar-refractivity contribution in [2.24, 2.45) is 0 Å². The first kappa shape index (κ1) is 20.2. The van der Waals surface area contributed by atoms with Gasteiger partial charge in [0.1, 0.15) is 5.75 Å². The number of amides is 1. The predicted octanol–water partition coefficient (Wildman–Crippen LogP) is 4.68. The molecule has 0 fully saturated rings. The number of pyridine rings is 1. The fraction of sp³-hybridized carbons (Fsp3) is 0.400. The summed E-state index contributed by atoms with van der Waals surface area (Å²) in [5.74, 6) is 0.510. The average Bonchev–Trinajstić information content (AvgIpc) is 2.59. The zero-order chi connectivity index (χ0) is 19.1. The van der Waals surface area contributed by atoms with Crippen LogP contribution in [-0.4, -0.2) is 34.6 Å². The molecule has 1 amide bonds. The predicted molar refractivity (Wildman–Crippen MR) is 105 cm³/mol. The third kappa shape index (κ3) is 5.71. The fourth-order valence-corrected chi connectivity index (χ4v) is 3.19. The third-order valence-corrected chi connectivity index (χ3v) is 4.26. The van der Waals surface area contributed by atoms with Gasteiger partial charge in [-0.3, -0.25) is 9.88 Å². The van der Waals surface area contributed by atoms with E-state index in [9.17, 15) is 4.79 Å². The van der Waals surface area contributed by atoms with Crippen molar-refractivity contribution in [3.05, 3.63) is 59.4 Å². The molecular weight excluding hydrogens is 350 g/mol. The molecule has 0 saturated heterocycles. The number of halogens is 1. The molecule has 0 aliphatic heterocycles. The first-order chi connectivity index (χ1) is 12.4. The smallest absolute Gasteiger partial charge is 0.410 e. The van der Waals surface area contributed by atoms with Gasteiger partial charge in [0.2, 0.25) is 0 Å². The Kier molecular flexibility index (Phi) is 7.42. The van der Waals surface area contributed by atoms with Crippen LogP contribution >= 0.6 is 11.6 Å². The Morgan fingerprint density at radius 3 is 2.31 bits per heavy atom. The topological polar surface area (TPSA) is 54.5 Å². The molecular formula is C20H26ClN3O2. The molecule has 0 aliphatic carbocycles. The molecule has 0 radical (unpaired) electrons. The van der Waals surface area contributed by atoms with E-state index in [2.05, 4.69) is 42.9 Å². The summed E-state index contributed by atoms with van der Waals surface area (Å²) in [7, 11) is 0. The highest BCUT2D eigenvalue weighted by atomic mass is 35.5. The summed E-state index contributed by atoms with van der Waals surface area (Å²) >= 11 is 5.97. The summed E-state index contributed by atoms with van der Waals surface area (Å²) in [5, 5.41) is 3.45. The molecule has 1 heterocycles. The average molecular weight is 376 g/mol. The lowest BCUT2D eigenvalue weighted by Gasteiger charge is -2.37. The summed E-state index contributed by atoms with van der Waals surface area (Å²) in [6.07, 6.45) is 1.15. The number of hydrogen-bond acceptors (Lipinski definition) is 4. The number of aromatic nitrogens is 1. The van der Waals surface area contributed by atoms with Crippen LogP contribution in [0.5, 0.6) is 5.75 Å². The Morgan fingerprint density at radius 2 is 1.77 bits per heavy atom. The minimum Gasteiger partial charge on any atom is -0.410 e. The van der Waals surface area contributed by atoms with Crippen LogP contribution in [0.3, 0.4) is 0 Å². The van der Waals surface area contributed by atoms with Crippen LogP contribution in [0.4, 0.5) is 4.79 Å². The number of carbonyl (C=O) groups excluding carboxylic acids is 1. The molecule has 1 aromatic heterocycles. The largest absolute Gasteiger partial charge is 0.412 e. The Balaban J connectivity index is 2.13. The van der Waals surface area contributed by atoms with Crippen LogP contribution < -0.4 is 10.1 Å². The zero-order valence-corrected chi connectivity index (χ0v) is 16.4. The molecule has 2 aromatic rings. The van der Waals surface area contributed by atoms with Gasteiger partial charge in [-0.15, -0.1) is 0 Å². The van der Waals surface area contributed by atoms with Gasteiger partial charge < -0.3 is 10.1 Å². The number of carbonyl (C=O) groups is 1. The Hall–Kier alpha value is -2.11. The number of hydrogen-bond donors (Lipinski definition) is 1. The molecule has 1 aromatic carbocycles. The van der Waals surface area contributed by atoms with Crippen LogP contribution in [0.1, 0.15) is 39.4 Å². The van der Waals surface area contributed by atoms with Crippen molar-refractivity contribution in [3.8, 4) is 5.75 Å². The molecule has 0 aliphatic rings. The molecule has 5 nitrogen and oxygen atoms in total. The van der Waals surface area contributed by atoms with Crippen molar-refractivity contribution < 1.29 is 9.53 Å². The number of nitrogens with one attached hydrogen (secondary N) is 1. The lowest BCUT2D eigenvalue weighted by Crippen LogP contribution is -2.45. The number of para-hydroxylation sites is 1. The quantitative estimate of drug-likeness (QED) is 0.763. The van der Waals surface area contributed by atoms with Gasteiger partial charge in [0.05, 0.1) is 16.8 Å². The van der Waals surface area contributed by atoms with E-state index in [1.165, 1.54) is 0 Å². The summed E-state index contributed by atoms with van der Waals surface area (Å²) in [6.45, 7) is 8.91. The maximum absolute atomic E-state index is 12.2. The van der Waals surface area contributed by atoms with Gasteiger partial charge in [-0.2, -0.15) is 0 Å². The van der Waals surface area contributed by atoms with E-state index in [0.29, 0.717) is 17.3 Å². The van der Waals surface area contributed by atoms with Gasteiger partial charge in [0.25, 0.3) is 0 Å². The summed E-state index contributed by atoms with van der Waals surface area (Å²) in [6, 6.07) is 13.2. The Labute approximate surface area is 160 Å². The molecule has 2 rings (SSSR count). The molecule has 26 heavy (non-hydrogen) atoms. The first-order valence-corrected chi connectivity index (χ1v) is 9.16. The molecule has 1 atom stereocenters. The summed E-state index contributed by atoms with van der Waals surface area (Å²) < 4.78 is 5.31. The fourth-order valence-electron chi connectivity index (χ4n) is 3.07. The highest BCUT2D eigenvalue weighted by Gasteiger charge is 2.27. The molecule has 140 valence electrons. The van der Waals surface area contributed by atoms with E-state index in [1.54, 1.807) is 18.3 Å². The second-order valence-corrected chi connectivity index (χ2v) is 7.07. The first-order valence-electron chi connectivity index (χ1n) is 8.78. The van der Waals surface area contributed by atoms with Crippen LogP contribution in [-0.2, 0) is 0 Å². The summed E-state index contributed by atoms with van der Waals surface area (Å²) in [5.41, 5.74) is 0.858. The molecule has 0 spiro atoms. The van der Waals surface area contributed by atoms with Crippen LogP contribution in [0.15, 0.2) is 48.7 Å².